The van der Waals surface area contributed by atoms with Gasteiger partial charge in [0.25, 0.3) is 0 Å². The van der Waals surface area contributed by atoms with Gasteiger partial charge in [-0.2, -0.15) is 11.8 Å². The molecular formula is C8H18N2S. The number of nitrogens with one attached hydrogen (secondary N) is 1. The van der Waals surface area contributed by atoms with Gasteiger partial charge in [-0.05, 0) is 19.6 Å². The first-order valence-electron chi connectivity index (χ1n) is 3.89. The molecule has 0 spiro atoms. The molecule has 0 rings (SSSR count). The lowest BCUT2D eigenvalue weighted by molar-refractivity contribution is 0.673. The van der Waals surface area contributed by atoms with Crippen LogP contribution in [-0.2, 0) is 0 Å². The Labute approximate surface area is 73.6 Å². The van der Waals surface area contributed by atoms with Gasteiger partial charge in [0.2, 0.25) is 0 Å². The molecule has 0 fully saturated rings. The SMILES string of the molecule is CCSCC(C=C(C)C)NN. The summed E-state index contributed by atoms with van der Waals surface area (Å²) in [7, 11) is 0. The number of hydrogen-bond donors (Lipinski definition) is 2. The van der Waals surface area contributed by atoms with Gasteiger partial charge in [0, 0.05) is 11.8 Å². The van der Waals surface area contributed by atoms with Crippen molar-refractivity contribution < 1.29 is 0 Å². The highest BCUT2D eigenvalue weighted by molar-refractivity contribution is 7.99. The van der Waals surface area contributed by atoms with Gasteiger partial charge in [-0.1, -0.05) is 18.6 Å². The first-order valence-corrected chi connectivity index (χ1v) is 5.05. The van der Waals surface area contributed by atoms with Crippen LogP contribution >= 0.6 is 11.8 Å². The van der Waals surface area contributed by atoms with Crippen molar-refractivity contribution in [1.29, 1.82) is 0 Å². The maximum Gasteiger partial charge on any atom is 0.0483 e. The molecule has 0 heterocycles. The van der Waals surface area contributed by atoms with E-state index in [4.69, 9.17) is 5.84 Å². The highest BCUT2D eigenvalue weighted by Gasteiger charge is 2.00. The van der Waals surface area contributed by atoms with Crippen LogP contribution in [0.25, 0.3) is 0 Å². The maximum absolute atomic E-state index is 5.35. The van der Waals surface area contributed by atoms with Crippen molar-refractivity contribution in [1.82, 2.24) is 5.43 Å². The molecule has 0 aliphatic heterocycles. The van der Waals surface area contributed by atoms with Crippen molar-refractivity contribution in [2.45, 2.75) is 26.8 Å². The van der Waals surface area contributed by atoms with Crippen molar-refractivity contribution in [2.24, 2.45) is 5.84 Å². The van der Waals surface area contributed by atoms with E-state index in [9.17, 15) is 0 Å². The molecule has 0 saturated heterocycles. The highest BCUT2D eigenvalue weighted by Crippen LogP contribution is 2.04. The van der Waals surface area contributed by atoms with Crippen molar-refractivity contribution in [3.63, 3.8) is 0 Å². The van der Waals surface area contributed by atoms with E-state index in [1.807, 2.05) is 11.8 Å². The Morgan fingerprint density at radius 1 is 1.64 bits per heavy atom. The second-order valence-corrected chi connectivity index (χ2v) is 4.00. The molecule has 1 atom stereocenters. The number of thioether (sulfide) groups is 1. The average Bonchev–Trinajstić information content (AvgIpc) is 1.97. The van der Waals surface area contributed by atoms with E-state index in [0.717, 1.165) is 11.5 Å². The molecule has 66 valence electrons. The summed E-state index contributed by atoms with van der Waals surface area (Å²) in [5.74, 6) is 7.56. The summed E-state index contributed by atoms with van der Waals surface area (Å²) in [5.41, 5.74) is 4.08. The molecule has 3 heteroatoms. The molecule has 0 aromatic heterocycles. The van der Waals surface area contributed by atoms with E-state index in [2.05, 4.69) is 32.3 Å². The number of nitrogens with two attached hydrogens (primary N) is 1. The zero-order chi connectivity index (χ0) is 8.69. The first kappa shape index (κ1) is 11.0. The van der Waals surface area contributed by atoms with Gasteiger partial charge in [-0.25, -0.2) is 0 Å². The lowest BCUT2D eigenvalue weighted by atomic mass is 10.2. The fourth-order valence-corrected chi connectivity index (χ4v) is 1.47. The quantitative estimate of drug-likeness (QED) is 0.377. The van der Waals surface area contributed by atoms with Crippen LogP contribution in [0.1, 0.15) is 20.8 Å². The predicted molar refractivity (Wildman–Crippen MR) is 53.5 cm³/mol. The van der Waals surface area contributed by atoms with Gasteiger partial charge in [-0.3, -0.25) is 11.3 Å². The minimum atomic E-state index is 0.324. The molecule has 1 unspecified atom stereocenters. The zero-order valence-electron chi connectivity index (χ0n) is 7.55. The predicted octanol–water partition coefficient (Wildman–Crippen LogP) is 1.54. The summed E-state index contributed by atoms with van der Waals surface area (Å²) < 4.78 is 0. The molecule has 0 saturated carbocycles. The summed E-state index contributed by atoms with van der Waals surface area (Å²) in [6.45, 7) is 6.32. The van der Waals surface area contributed by atoms with Gasteiger partial charge in [0.15, 0.2) is 0 Å². The lowest BCUT2D eigenvalue weighted by Crippen LogP contribution is -2.35. The summed E-state index contributed by atoms with van der Waals surface area (Å²) in [4.78, 5) is 0. The minimum Gasteiger partial charge on any atom is -0.271 e. The average molecular weight is 174 g/mol. The number of hydrogen-bond acceptors (Lipinski definition) is 3. The monoisotopic (exact) mass is 174 g/mol. The summed E-state index contributed by atoms with van der Waals surface area (Å²) >= 11 is 1.90. The number of rotatable bonds is 5. The van der Waals surface area contributed by atoms with E-state index in [-0.39, 0.29) is 0 Å². The molecule has 0 bridgehead atoms. The molecule has 0 radical (unpaired) electrons. The van der Waals surface area contributed by atoms with E-state index in [0.29, 0.717) is 6.04 Å². The highest BCUT2D eigenvalue weighted by atomic mass is 32.2. The van der Waals surface area contributed by atoms with Gasteiger partial charge >= 0.3 is 0 Å². The topological polar surface area (TPSA) is 38.0 Å². The van der Waals surface area contributed by atoms with Crippen molar-refractivity contribution in [3.05, 3.63) is 11.6 Å². The van der Waals surface area contributed by atoms with Crippen molar-refractivity contribution >= 4 is 11.8 Å². The normalized spacial score (nSPS) is 12.7. The Morgan fingerprint density at radius 3 is 2.64 bits per heavy atom. The van der Waals surface area contributed by atoms with Gasteiger partial charge in [-0.15, -0.1) is 0 Å². The van der Waals surface area contributed by atoms with E-state index in [1.165, 1.54) is 5.57 Å². The summed E-state index contributed by atoms with van der Waals surface area (Å²) in [5, 5.41) is 0. The molecule has 3 N–H and O–H groups in total. The third kappa shape index (κ3) is 6.41. The Morgan fingerprint density at radius 2 is 2.27 bits per heavy atom. The van der Waals surface area contributed by atoms with Crippen LogP contribution in [0.3, 0.4) is 0 Å². The standard InChI is InChI=1S/C8H18N2S/c1-4-11-6-8(10-9)5-7(2)3/h5,8,10H,4,6,9H2,1-3H3. The van der Waals surface area contributed by atoms with Crippen LogP contribution < -0.4 is 11.3 Å². The molecule has 0 aliphatic carbocycles. The van der Waals surface area contributed by atoms with Crippen molar-refractivity contribution in [2.75, 3.05) is 11.5 Å². The smallest absolute Gasteiger partial charge is 0.0483 e. The first-order chi connectivity index (χ1) is 5.20. The Kier molecular flexibility index (Phi) is 6.71. The van der Waals surface area contributed by atoms with Crippen LogP contribution in [-0.4, -0.2) is 17.5 Å². The maximum atomic E-state index is 5.35. The Bertz CT molecular complexity index is 119. The van der Waals surface area contributed by atoms with E-state index in [1.54, 1.807) is 0 Å². The van der Waals surface area contributed by atoms with Crippen molar-refractivity contribution in [3.8, 4) is 0 Å². The Hall–Kier alpha value is 0.01000. The number of allylic oxidation sites excluding steroid dienone is 1. The fraction of sp³-hybridized carbons (Fsp3) is 0.750. The van der Waals surface area contributed by atoms with Gasteiger partial charge in [0.05, 0.1) is 0 Å². The molecular weight excluding hydrogens is 156 g/mol. The molecule has 0 aliphatic rings. The lowest BCUT2D eigenvalue weighted by Gasteiger charge is -2.10. The van der Waals surface area contributed by atoms with Crippen LogP contribution in [0.5, 0.6) is 0 Å². The summed E-state index contributed by atoms with van der Waals surface area (Å²) in [6.07, 6.45) is 2.16. The molecule has 0 amide bonds. The minimum absolute atomic E-state index is 0.324. The summed E-state index contributed by atoms with van der Waals surface area (Å²) in [6, 6.07) is 0.324. The van der Waals surface area contributed by atoms with E-state index >= 15 is 0 Å². The largest absolute Gasteiger partial charge is 0.271 e. The van der Waals surface area contributed by atoms with Crippen LogP contribution in [0, 0.1) is 0 Å². The molecule has 11 heavy (non-hydrogen) atoms. The second kappa shape index (κ2) is 6.70. The molecule has 2 nitrogen and oxygen atoms in total. The van der Waals surface area contributed by atoms with Gasteiger partial charge < -0.3 is 0 Å². The van der Waals surface area contributed by atoms with Crippen LogP contribution in [0.4, 0.5) is 0 Å². The van der Waals surface area contributed by atoms with Crippen LogP contribution in [0.15, 0.2) is 11.6 Å². The second-order valence-electron chi connectivity index (χ2n) is 2.68. The molecule has 0 aromatic rings. The molecule has 0 aromatic carbocycles. The van der Waals surface area contributed by atoms with Crippen LogP contribution in [0.2, 0.25) is 0 Å². The van der Waals surface area contributed by atoms with E-state index < -0.39 is 0 Å². The fourth-order valence-electron chi connectivity index (χ4n) is 0.792. The third-order valence-corrected chi connectivity index (χ3v) is 2.25. The van der Waals surface area contributed by atoms with Gasteiger partial charge in [0.1, 0.15) is 0 Å². The zero-order valence-corrected chi connectivity index (χ0v) is 8.37. The third-order valence-electron chi connectivity index (χ3n) is 1.25. The Balaban J connectivity index is 3.67. The number of hydrazine groups is 1.